The number of carboxylic acid groups (broad SMARTS) is 1. The van der Waals surface area contributed by atoms with Crippen LogP contribution in [0, 0.1) is 19.8 Å². The number of aryl methyl sites for hydroxylation is 2. The molecule has 2 N–H and O–H groups in total. The van der Waals surface area contributed by atoms with Crippen LogP contribution < -0.4 is 10.2 Å². The van der Waals surface area contributed by atoms with Gasteiger partial charge >= 0.3 is 5.97 Å². The number of aliphatic carboxylic acids is 1. The lowest BCUT2D eigenvalue weighted by molar-refractivity contribution is -0.139. The van der Waals surface area contributed by atoms with Gasteiger partial charge in [0.05, 0.1) is 0 Å². The third-order valence-corrected chi connectivity index (χ3v) is 4.07. The molecular weight excluding hydrogens is 252 g/mol. The van der Waals surface area contributed by atoms with E-state index in [2.05, 4.69) is 42.3 Å². The van der Waals surface area contributed by atoms with E-state index in [9.17, 15) is 4.79 Å². The summed E-state index contributed by atoms with van der Waals surface area (Å²) in [5, 5.41) is 12.0. The topological polar surface area (TPSA) is 52.6 Å². The first-order valence-electron chi connectivity index (χ1n) is 7.23. The number of hydrogen-bond acceptors (Lipinski definition) is 3. The standard InChI is InChI=1S/C16H24N2O2/c1-11-6-12(2)8-14(7-11)18-5-4-13(10-18)9-15(17-3)16(19)20/h6-8,13,15,17H,4-5,9-10H2,1-3H3,(H,19,20). The van der Waals surface area contributed by atoms with E-state index in [1.165, 1.54) is 16.8 Å². The predicted octanol–water partition coefficient (Wildman–Crippen LogP) is 2.19. The minimum absolute atomic E-state index is 0.431. The molecule has 0 saturated carbocycles. The van der Waals surface area contributed by atoms with Crippen molar-refractivity contribution < 1.29 is 9.90 Å². The Kier molecular flexibility index (Phi) is 4.65. The second kappa shape index (κ2) is 6.27. The summed E-state index contributed by atoms with van der Waals surface area (Å²) in [6.45, 7) is 6.20. The first-order chi connectivity index (χ1) is 9.49. The van der Waals surface area contributed by atoms with Gasteiger partial charge in [0.2, 0.25) is 0 Å². The molecule has 0 bridgehead atoms. The Bertz CT molecular complexity index is 467. The molecule has 1 aliphatic heterocycles. The molecule has 0 radical (unpaired) electrons. The van der Waals surface area contributed by atoms with Gasteiger partial charge in [0.15, 0.2) is 0 Å². The first kappa shape index (κ1) is 14.9. The monoisotopic (exact) mass is 276 g/mol. The highest BCUT2D eigenvalue weighted by atomic mass is 16.4. The van der Waals surface area contributed by atoms with Crippen LogP contribution in [0.5, 0.6) is 0 Å². The molecule has 4 nitrogen and oxygen atoms in total. The van der Waals surface area contributed by atoms with Crippen molar-refractivity contribution >= 4 is 11.7 Å². The molecule has 2 rings (SSSR count). The molecule has 1 heterocycles. The molecule has 0 amide bonds. The van der Waals surface area contributed by atoms with E-state index >= 15 is 0 Å². The SMILES string of the molecule is CNC(CC1CCN(c2cc(C)cc(C)c2)C1)C(=O)O. The first-order valence-corrected chi connectivity index (χ1v) is 7.23. The zero-order valence-corrected chi connectivity index (χ0v) is 12.5. The smallest absolute Gasteiger partial charge is 0.320 e. The number of nitrogens with one attached hydrogen (secondary N) is 1. The molecule has 0 aliphatic carbocycles. The van der Waals surface area contributed by atoms with Crippen LogP contribution in [0.15, 0.2) is 18.2 Å². The van der Waals surface area contributed by atoms with Crippen LogP contribution in [0.1, 0.15) is 24.0 Å². The summed E-state index contributed by atoms with van der Waals surface area (Å²) >= 11 is 0. The number of nitrogens with zero attached hydrogens (tertiary/aromatic N) is 1. The average molecular weight is 276 g/mol. The van der Waals surface area contributed by atoms with Gasteiger partial charge < -0.3 is 15.3 Å². The number of rotatable bonds is 5. The van der Waals surface area contributed by atoms with E-state index in [4.69, 9.17) is 5.11 Å². The van der Waals surface area contributed by atoms with Crippen LogP contribution in [0.3, 0.4) is 0 Å². The number of carboxylic acids is 1. The minimum Gasteiger partial charge on any atom is -0.480 e. The van der Waals surface area contributed by atoms with Crippen molar-refractivity contribution in [2.24, 2.45) is 5.92 Å². The normalized spacial score (nSPS) is 20.1. The Labute approximate surface area is 120 Å². The van der Waals surface area contributed by atoms with Crippen LogP contribution in [-0.2, 0) is 4.79 Å². The zero-order chi connectivity index (χ0) is 14.7. The molecule has 0 spiro atoms. The largest absolute Gasteiger partial charge is 0.480 e. The Balaban J connectivity index is 1.99. The van der Waals surface area contributed by atoms with Gasteiger partial charge in [0.1, 0.15) is 6.04 Å². The van der Waals surface area contributed by atoms with Crippen molar-refractivity contribution in [1.82, 2.24) is 5.32 Å². The molecule has 1 aromatic carbocycles. The van der Waals surface area contributed by atoms with Gasteiger partial charge in [0.25, 0.3) is 0 Å². The van der Waals surface area contributed by atoms with E-state index in [-0.39, 0.29) is 0 Å². The quantitative estimate of drug-likeness (QED) is 0.865. The van der Waals surface area contributed by atoms with Gasteiger partial charge in [-0.25, -0.2) is 0 Å². The average Bonchev–Trinajstić information content (AvgIpc) is 2.83. The summed E-state index contributed by atoms with van der Waals surface area (Å²) in [6.07, 6.45) is 1.77. The molecule has 1 fully saturated rings. The molecule has 4 heteroatoms. The van der Waals surface area contributed by atoms with Crippen molar-refractivity contribution in [2.75, 3.05) is 25.0 Å². The summed E-state index contributed by atoms with van der Waals surface area (Å²) in [4.78, 5) is 13.5. The second-order valence-corrected chi connectivity index (χ2v) is 5.86. The van der Waals surface area contributed by atoms with E-state index in [1.807, 2.05) is 0 Å². The molecule has 20 heavy (non-hydrogen) atoms. The number of anilines is 1. The fourth-order valence-electron chi connectivity index (χ4n) is 3.07. The highest BCUT2D eigenvalue weighted by molar-refractivity contribution is 5.73. The molecule has 1 aromatic rings. The predicted molar refractivity (Wildman–Crippen MR) is 81.3 cm³/mol. The maximum atomic E-state index is 11.1. The van der Waals surface area contributed by atoms with Crippen LogP contribution in [0.2, 0.25) is 0 Å². The molecule has 110 valence electrons. The van der Waals surface area contributed by atoms with Gasteiger partial charge in [-0.1, -0.05) is 6.07 Å². The Morgan fingerprint density at radius 3 is 2.60 bits per heavy atom. The molecular formula is C16H24N2O2. The highest BCUT2D eigenvalue weighted by Gasteiger charge is 2.27. The van der Waals surface area contributed by atoms with E-state index in [0.717, 1.165) is 19.5 Å². The maximum absolute atomic E-state index is 11.1. The fraction of sp³-hybridized carbons (Fsp3) is 0.562. The lowest BCUT2D eigenvalue weighted by atomic mass is 9.99. The summed E-state index contributed by atoms with van der Waals surface area (Å²) in [5.74, 6) is -0.304. The number of carbonyl (C=O) groups is 1. The molecule has 1 saturated heterocycles. The Morgan fingerprint density at radius 2 is 2.05 bits per heavy atom. The summed E-state index contributed by atoms with van der Waals surface area (Å²) < 4.78 is 0. The Hall–Kier alpha value is -1.55. The van der Waals surface area contributed by atoms with Crippen molar-refractivity contribution in [3.05, 3.63) is 29.3 Å². The highest BCUT2D eigenvalue weighted by Crippen LogP contribution is 2.28. The maximum Gasteiger partial charge on any atom is 0.320 e. The number of benzene rings is 1. The molecule has 0 aromatic heterocycles. The number of likely N-dealkylation sites (N-methyl/N-ethyl adjacent to an activating group) is 1. The van der Waals surface area contributed by atoms with Crippen LogP contribution in [0.25, 0.3) is 0 Å². The van der Waals surface area contributed by atoms with Crippen molar-refractivity contribution in [1.29, 1.82) is 0 Å². The molecule has 2 unspecified atom stereocenters. The molecule has 1 aliphatic rings. The third-order valence-electron chi connectivity index (χ3n) is 4.07. The number of hydrogen-bond donors (Lipinski definition) is 2. The van der Waals surface area contributed by atoms with Gasteiger partial charge in [-0.2, -0.15) is 0 Å². The van der Waals surface area contributed by atoms with Crippen molar-refractivity contribution in [3.8, 4) is 0 Å². The zero-order valence-electron chi connectivity index (χ0n) is 12.5. The minimum atomic E-state index is -0.752. The lowest BCUT2D eigenvalue weighted by Crippen LogP contribution is -2.36. The van der Waals surface area contributed by atoms with Crippen LogP contribution >= 0.6 is 0 Å². The van der Waals surface area contributed by atoms with Crippen molar-refractivity contribution in [3.63, 3.8) is 0 Å². The van der Waals surface area contributed by atoms with Gasteiger partial charge in [-0.05, 0) is 62.9 Å². The van der Waals surface area contributed by atoms with E-state index in [1.54, 1.807) is 7.05 Å². The van der Waals surface area contributed by atoms with Gasteiger partial charge in [-0.3, -0.25) is 4.79 Å². The van der Waals surface area contributed by atoms with Crippen LogP contribution in [0.4, 0.5) is 5.69 Å². The van der Waals surface area contributed by atoms with E-state index in [0.29, 0.717) is 12.3 Å². The second-order valence-electron chi connectivity index (χ2n) is 5.86. The Morgan fingerprint density at radius 1 is 1.40 bits per heavy atom. The van der Waals surface area contributed by atoms with Gasteiger partial charge in [0, 0.05) is 18.8 Å². The summed E-state index contributed by atoms with van der Waals surface area (Å²) in [6, 6.07) is 6.17. The third kappa shape index (κ3) is 3.51. The molecule has 2 atom stereocenters. The van der Waals surface area contributed by atoms with Gasteiger partial charge in [-0.15, -0.1) is 0 Å². The summed E-state index contributed by atoms with van der Waals surface area (Å²) in [5.41, 5.74) is 3.82. The summed E-state index contributed by atoms with van der Waals surface area (Å²) in [7, 11) is 1.72. The fourth-order valence-corrected chi connectivity index (χ4v) is 3.07. The lowest BCUT2D eigenvalue weighted by Gasteiger charge is -2.21. The van der Waals surface area contributed by atoms with Crippen LogP contribution in [-0.4, -0.2) is 37.3 Å². The van der Waals surface area contributed by atoms with E-state index < -0.39 is 12.0 Å². The van der Waals surface area contributed by atoms with Crippen molar-refractivity contribution in [2.45, 2.75) is 32.7 Å².